The molecule has 0 bridgehead atoms. The zero-order valence-electron chi connectivity index (χ0n) is 19.8. The van der Waals surface area contributed by atoms with E-state index in [-0.39, 0.29) is 43.9 Å². The number of amides is 3. The summed E-state index contributed by atoms with van der Waals surface area (Å²) in [6.07, 6.45) is 0.945. The van der Waals surface area contributed by atoms with Crippen molar-refractivity contribution >= 4 is 29.7 Å². The maximum atomic E-state index is 12.8. The summed E-state index contributed by atoms with van der Waals surface area (Å²) in [5.41, 5.74) is -0.187. The molecule has 1 saturated heterocycles. The van der Waals surface area contributed by atoms with Gasteiger partial charge in [-0.25, -0.2) is 4.79 Å². The Morgan fingerprint density at radius 1 is 1.14 bits per heavy atom. The number of nitrogens with one attached hydrogen (secondary N) is 2. The Morgan fingerprint density at radius 2 is 1.86 bits per heavy atom. The summed E-state index contributed by atoms with van der Waals surface area (Å²) in [6.45, 7) is 1.68. The Balaban J connectivity index is 1.56. The van der Waals surface area contributed by atoms with Crippen LogP contribution in [0, 0.1) is 5.41 Å². The summed E-state index contributed by atoms with van der Waals surface area (Å²) < 4.78 is 10.1. The molecule has 1 heterocycles. The first-order valence-electron chi connectivity index (χ1n) is 11.5. The molecule has 1 saturated carbocycles. The summed E-state index contributed by atoms with van der Waals surface area (Å²) in [4.78, 5) is 62.2. The lowest BCUT2D eigenvalue weighted by atomic mass is 10.0. The molecule has 3 rings (SSSR count). The minimum atomic E-state index is -1.06. The number of esters is 1. The fraction of sp³-hybridized carbons (Fsp3) is 0.542. The Bertz CT molecular complexity index is 969. The molecule has 1 aromatic carbocycles. The standard InChI is InChI=1S/C24H31N3O8/c1-24-12-17(23(32)33)27(18(24)13-24)20(29)14-25-22(31)16(26-19(28)8-9-21(30)34-2)10-11-35-15-6-4-3-5-7-15/h3-7,16-18H,8-14H2,1-2H3,(H,25,31)(H,26,28)(H,32,33)/t16-,17-,18-,24+/m0/s1. The predicted molar refractivity (Wildman–Crippen MR) is 122 cm³/mol. The zero-order valence-corrected chi connectivity index (χ0v) is 19.8. The van der Waals surface area contributed by atoms with Crippen LogP contribution >= 0.6 is 0 Å². The van der Waals surface area contributed by atoms with E-state index in [9.17, 15) is 29.1 Å². The second-order valence-electron chi connectivity index (χ2n) is 9.10. The van der Waals surface area contributed by atoms with Gasteiger partial charge in [0.2, 0.25) is 17.7 Å². The fourth-order valence-electron chi connectivity index (χ4n) is 4.39. The van der Waals surface area contributed by atoms with Crippen LogP contribution in [0.1, 0.15) is 39.0 Å². The van der Waals surface area contributed by atoms with Crippen molar-refractivity contribution in [3.63, 3.8) is 0 Å². The fourth-order valence-corrected chi connectivity index (χ4v) is 4.39. The van der Waals surface area contributed by atoms with Crippen molar-refractivity contribution in [2.24, 2.45) is 5.41 Å². The molecular formula is C24H31N3O8. The first-order chi connectivity index (χ1) is 16.6. The van der Waals surface area contributed by atoms with E-state index in [0.717, 1.165) is 6.42 Å². The topological polar surface area (TPSA) is 151 Å². The van der Waals surface area contributed by atoms with Crippen LogP contribution in [0.25, 0.3) is 0 Å². The number of methoxy groups -OCH3 is 1. The number of carboxylic acids is 1. The Labute approximate surface area is 203 Å². The monoisotopic (exact) mass is 489 g/mol. The number of benzene rings is 1. The molecule has 2 fully saturated rings. The molecule has 1 aliphatic heterocycles. The molecule has 0 spiro atoms. The number of para-hydroxylation sites is 1. The van der Waals surface area contributed by atoms with Crippen LogP contribution in [0.3, 0.4) is 0 Å². The average molecular weight is 490 g/mol. The van der Waals surface area contributed by atoms with Gasteiger partial charge in [-0.1, -0.05) is 25.1 Å². The van der Waals surface area contributed by atoms with E-state index in [1.54, 1.807) is 24.3 Å². The third kappa shape index (κ3) is 6.71. The lowest BCUT2D eigenvalue weighted by Gasteiger charge is -2.25. The van der Waals surface area contributed by atoms with Crippen molar-refractivity contribution in [3.8, 4) is 5.75 Å². The second-order valence-corrected chi connectivity index (χ2v) is 9.10. The molecule has 1 aromatic rings. The lowest BCUT2D eigenvalue weighted by Crippen LogP contribution is -2.52. The molecule has 0 unspecified atom stereocenters. The van der Waals surface area contributed by atoms with E-state index in [4.69, 9.17) is 4.74 Å². The number of carboxylic acid groups (broad SMARTS) is 1. The van der Waals surface area contributed by atoms with E-state index in [1.165, 1.54) is 12.0 Å². The smallest absolute Gasteiger partial charge is 0.326 e. The third-order valence-electron chi connectivity index (χ3n) is 6.48. The van der Waals surface area contributed by atoms with Gasteiger partial charge in [0, 0.05) is 18.9 Å². The summed E-state index contributed by atoms with van der Waals surface area (Å²) in [7, 11) is 1.22. The molecule has 35 heavy (non-hydrogen) atoms. The molecule has 1 aliphatic carbocycles. The number of rotatable bonds is 12. The third-order valence-corrected chi connectivity index (χ3v) is 6.48. The van der Waals surface area contributed by atoms with Crippen molar-refractivity contribution in [3.05, 3.63) is 30.3 Å². The quantitative estimate of drug-likeness (QED) is 0.359. The highest BCUT2D eigenvalue weighted by atomic mass is 16.5. The maximum Gasteiger partial charge on any atom is 0.326 e. The Hall–Kier alpha value is -3.63. The maximum absolute atomic E-state index is 12.8. The summed E-state index contributed by atoms with van der Waals surface area (Å²) in [6, 6.07) is 6.88. The first kappa shape index (κ1) is 26.0. The van der Waals surface area contributed by atoms with E-state index >= 15 is 0 Å². The van der Waals surface area contributed by atoms with E-state index < -0.39 is 41.7 Å². The van der Waals surface area contributed by atoms with Crippen LogP contribution in [0.5, 0.6) is 5.75 Å². The number of carbonyl (C=O) groups excluding carboxylic acids is 4. The molecule has 4 atom stereocenters. The highest BCUT2D eigenvalue weighted by Crippen LogP contribution is 2.59. The molecule has 3 amide bonds. The number of ether oxygens (including phenoxy) is 2. The van der Waals surface area contributed by atoms with Gasteiger partial charge >= 0.3 is 11.9 Å². The number of fused-ring (bicyclic) bond motifs is 1. The van der Waals surface area contributed by atoms with Gasteiger partial charge in [0.1, 0.15) is 17.8 Å². The van der Waals surface area contributed by atoms with Crippen molar-refractivity contribution in [1.29, 1.82) is 0 Å². The van der Waals surface area contributed by atoms with Crippen molar-refractivity contribution < 1.29 is 38.6 Å². The highest BCUT2D eigenvalue weighted by Gasteiger charge is 2.64. The van der Waals surface area contributed by atoms with E-state index in [2.05, 4.69) is 15.4 Å². The summed E-state index contributed by atoms with van der Waals surface area (Å²) >= 11 is 0. The van der Waals surface area contributed by atoms with Crippen LogP contribution in [0.15, 0.2) is 30.3 Å². The van der Waals surface area contributed by atoms with Gasteiger partial charge in [0.15, 0.2) is 0 Å². The molecule has 11 heteroatoms. The number of carbonyl (C=O) groups is 5. The Morgan fingerprint density at radius 3 is 2.51 bits per heavy atom. The minimum absolute atomic E-state index is 0.112. The van der Waals surface area contributed by atoms with Crippen molar-refractivity contribution in [2.75, 3.05) is 20.3 Å². The first-order valence-corrected chi connectivity index (χ1v) is 11.5. The van der Waals surface area contributed by atoms with Crippen LogP contribution < -0.4 is 15.4 Å². The molecule has 3 N–H and O–H groups in total. The van der Waals surface area contributed by atoms with Crippen LogP contribution in [0.2, 0.25) is 0 Å². The molecule has 11 nitrogen and oxygen atoms in total. The van der Waals surface area contributed by atoms with Crippen LogP contribution in [-0.2, 0) is 28.7 Å². The lowest BCUT2D eigenvalue weighted by molar-refractivity contribution is -0.149. The van der Waals surface area contributed by atoms with Crippen LogP contribution in [0.4, 0.5) is 0 Å². The van der Waals surface area contributed by atoms with Crippen molar-refractivity contribution in [2.45, 2.75) is 57.2 Å². The second kappa shape index (κ2) is 11.2. The summed E-state index contributed by atoms with van der Waals surface area (Å²) in [5.74, 6) is -2.63. The number of piperidine rings is 1. The molecule has 0 aromatic heterocycles. The van der Waals surface area contributed by atoms with E-state index in [0.29, 0.717) is 12.2 Å². The number of nitrogens with zero attached hydrogens (tertiary/aromatic N) is 1. The van der Waals surface area contributed by atoms with Crippen LogP contribution in [-0.4, -0.2) is 78.1 Å². The van der Waals surface area contributed by atoms with Gasteiger partial charge in [-0.15, -0.1) is 0 Å². The molecule has 0 radical (unpaired) electrons. The van der Waals surface area contributed by atoms with Gasteiger partial charge in [-0.05, 0) is 30.4 Å². The largest absolute Gasteiger partial charge is 0.494 e. The van der Waals surface area contributed by atoms with Gasteiger partial charge < -0.3 is 30.1 Å². The normalized spacial score (nSPS) is 23.0. The number of hydrogen-bond donors (Lipinski definition) is 3. The number of hydrogen-bond acceptors (Lipinski definition) is 7. The number of likely N-dealkylation sites (tertiary alicyclic amines) is 1. The van der Waals surface area contributed by atoms with E-state index in [1.807, 2.05) is 13.0 Å². The highest BCUT2D eigenvalue weighted by molar-refractivity contribution is 5.92. The molecule has 2 aliphatic rings. The summed E-state index contributed by atoms with van der Waals surface area (Å²) in [5, 5.41) is 14.6. The zero-order chi connectivity index (χ0) is 25.6. The van der Waals surface area contributed by atoms with Crippen molar-refractivity contribution in [1.82, 2.24) is 15.5 Å². The van der Waals surface area contributed by atoms with Gasteiger partial charge in [-0.2, -0.15) is 0 Å². The molecule has 190 valence electrons. The molecular weight excluding hydrogens is 458 g/mol. The van der Waals surface area contributed by atoms with Gasteiger partial charge in [0.25, 0.3) is 0 Å². The van der Waals surface area contributed by atoms with Gasteiger partial charge in [-0.3, -0.25) is 19.2 Å². The predicted octanol–water partition coefficient (Wildman–Crippen LogP) is 0.474. The Kier molecular flexibility index (Phi) is 8.31. The van der Waals surface area contributed by atoms with Gasteiger partial charge in [0.05, 0.1) is 26.7 Å². The average Bonchev–Trinajstić information content (AvgIpc) is 3.40. The number of aliphatic carboxylic acids is 1. The minimum Gasteiger partial charge on any atom is -0.494 e. The SMILES string of the molecule is COC(=O)CCC(=O)N[C@@H](CCOc1ccccc1)C(=O)NCC(=O)N1[C@H]2C[C@@]2(C)C[C@H]1C(=O)O.